The topological polar surface area (TPSA) is 72.3 Å². The molecule has 0 bridgehead atoms. The number of amides is 1. The molecule has 0 aliphatic heterocycles. The van der Waals surface area contributed by atoms with Crippen molar-refractivity contribution < 1.29 is 4.79 Å². The van der Waals surface area contributed by atoms with Gasteiger partial charge in [0.15, 0.2) is 0 Å². The van der Waals surface area contributed by atoms with Gasteiger partial charge in [0.05, 0.1) is 16.9 Å². The third kappa shape index (κ3) is 3.19. The van der Waals surface area contributed by atoms with Gasteiger partial charge >= 0.3 is 0 Å². The minimum atomic E-state index is -0.405. The van der Waals surface area contributed by atoms with Crippen LogP contribution in [0.25, 0.3) is 0 Å². The van der Waals surface area contributed by atoms with E-state index in [0.717, 1.165) is 18.7 Å². The predicted octanol–water partition coefficient (Wildman–Crippen LogP) is 2.38. The summed E-state index contributed by atoms with van der Waals surface area (Å²) in [5.41, 5.74) is 13.6. The van der Waals surface area contributed by atoms with Gasteiger partial charge in [-0.3, -0.25) is 4.79 Å². The Hall–Kier alpha value is -1.71. The number of primary amides is 1. The number of nitrogens with two attached hydrogens (primary N) is 2. The Labute approximate surface area is 114 Å². The number of benzene rings is 1. The van der Waals surface area contributed by atoms with Gasteiger partial charge < -0.3 is 16.4 Å². The van der Waals surface area contributed by atoms with Gasteiger partial charge in [-0.2, -0.15) is 0 Å². The maximum Gasteiger partial charge on any atom is 0.250 e. The summed E-state index contributed by atoms with van der Waals surface area (Å²) in [4.78, 5) is 13.9. The molecule has 0 saturated heterocycles. The minimum absolute atomic E-state index is 0.405. The Morgan fingerprint density at radius 1 is 1.42 bits per heavy atom. The molecule has 0 heterocycles. The van der Waals surface area contributed by atoms with Crippen LogP contribution in [0.15, 0.2) is 18.2 Å². The maximum atomic E-state index is 11.6. The summed E-state index contributed by atoms with van der Waals surface area (Å²) in [6.07, 6.45) is 3.43. The van der Waals surface area contributed by atoms with Crippen molar-refractivity contribution in [1.29, 1.82) is 0 Å². The summed E-state index contributed by atoms with van der Waals surface area (Å²) in [7, 11) is 0. The molecule has 1 aliphatic rings. The molecule has 1 aromatic carbocycles. The molecule has 1 aromatic rings. The van der Waals surface area contributed by atoms with Crippen molar-refractivity contribution >= 4 is 17.3 Å². The highest BCUT2D eigenvalue weighted by molar-refractivity contribution is 6.01. The van der Waals surface area contributed by atoms with Crippen molar-refractivity contribution in [2.45, 2.75) is 39.2 Å². The van der Waals surface area contributed by atoms with Crippen LogP contribution in [0, 0.1) is 5.92 Å². The number of carbonyl (C=O) groups is 1. The SMILES string of the molecule is CC(C)CCN(c1c(N)cccc1C(N)=O)C1CC1. The van der Waals surface area contributed by atoms with Gasteiger partial charge in [0.25, 0.3) is 5.91 Å². The van der Waals surface area contributed by atoms with Gasteiger partial charge in [-0.05, 0) is 37.3 Å². The highest BCUT2D eigenvalue weighted by Gasteiger charge is 2.32. The maximum absolute atomic E-state index is 11.6. The quantitative estimate of drug-likeness (QED) is 0.772. The van der Waals surface area contributed by atoms with Gasteiger partial charge in [0, 0.05) is 12.6 Å². The number of carbonyl (C=O) groups excluding carboxylic acids is 1. The molecule has 2 rings (SSSR count). The van der Waals surface area contributed by atoms with E-state index in [4.69, 9.17) is 11.5 Å². The Balaban J connectivity index is 2.32. The van der Waals surface area contributed by atoms with Crippen molar-refractivity contribution in [2.24, 2.45) is 11.7 Å². The zero-order valence-electron chi connectivity index (χ0n) is 11.7. The second-order valence-electron chi connectivity index (χ2n) is 5.71. The lowest BCUT2D eigenvalue weighted by molar-refractivity contribution is 0.100. The lowest BCUT2D eigenvalue weighted by Crippen LogP contribution is -2.31. The standard InChI is InChI=1S/C15H23N3O/c1-10(2)8-9-18(11-6-7-11)14-12(15(17)19)4-3-5-13(14)16/h3-5,10-11H,6-9,16H2,1-2H3,(H2,17,19). The monoisotopic (exact) mass is 261 g/mol. The van der Waals surface area contributed by atoms with Crippen LogP contribution >= 0.6 is 0 Å². The molecule has 0 spiro atoms. The molecular weight excluding hydrogens is 238 g/mol. The van der Waals surface area contributed by atoms with E-state index >= 15 is 0 Å². The van der Waals surface area contributed by atoms with Crippen LogP contribution in [0.2, 0.25) is 0 Å². The smallest absolute Gasteiger partial charge is 0.250 e. The van der Waals surface area contributed by atoms with Crippen LogP contribution in [0.1, 0.15) is 43.5 Å². The molecule has 0 radical (unpaired) electrons. The van der Waals surface area contributed by atoms with Crippen molar-refractivity contribution in [1.82, 2.24) is 0 Å². The molecule has 4 heteroatoms. The summed E-state index contributed by atoms with van der Waals surface area (Å²) in [6.45, 7) is 5.33. The first-order valence-corrected chi connectivity index (χ1v) is 6.95. The average molecular weight is 261 g/mol. The van der Waals surface area contributed by atoms with Crippen LogP contribution in [0.3, 0.4) is 0 Å². The van der Waals surface area contributed by atoms with Crippen molar-refractivity contribution in [2.75, 3.05) is 17.2 Å². The largest absolute Gasteiger partial charge is 0.397 e. The number of anilines is 2. The van der Waals surface area contributed by atoms with E-state index < -0.39 is 5.91 Å². The predicted molar refractivity (Wildman–Crippen MR) is 79.2 cm³/mol. The molecule has 19 heavy (non-hydrogen) atoms. The van der Waals surface area contributed by atoms with E-state index in [1.165, 1.54) is 12.8 Å². The molecule has 1 saturated carbocycles. The summed E-state index contributed by atoms with van der Waals surface area (Å²) < 4.78 is 0. The zero-order chi connectivity index (χ0) is 14.0. The van der Waals surface area contributed by atoms with E-state index in [1.807, 2.05) is 6.07 Å². The molecule has 1 aliphatic carbocycles. The van der Waals surface area contributed by atoms with E-state index in [1.54, 1.807) is 12.1 Å². The van der Waals surface area contributed by atoms with E-state index in [-0.39, 0.29) is 0 Å². The van der Waals surface area contributed by atoms with Crippen molar-refractivity contribution in [3.05, 3.63) is 23.8 Å². The first-order chi connectivity index (χ1) is 9.00. The van der Waals surface area contributed by atoms with Gasteiger partial charge in [0.1, 0.15) is 0 Å². The zero-order valence-corrected chi connectivity index (χ0v) is 11.7. The van der Waals surface area contributed by atoms with Gasteiger partial charge in [-0.1, -0.05) is 19.9 Å². The minimum Gasteiger partial charge on any atom is -0.397 e. The lowest BCUT2D eigenvalue weighted by atomic mass is 10.1. The fourth-order valence-electron chi connectivity index (χ4n) is 2.34. The number of hydrogen-bond acceptors (Lipinski definition) is 3. The molecule has 0 atom stereocenters. The third-order valence-electron chi connectivity index (χ3n) is 3.55. The Kier molecular flexibility index (Phi) is 3.98. The Bertz CT molecular complexity index is 466. The van der Waals surface area contributed by atoms with Crippen molar-refractivity contribution in [3.8, 4) is 0 Å². The van der Waals surface area contributed by atoms with Crippen LogP contribution in [0.5, 0.6) is 0 Å². The van der Waals surface area contributed by atoms with E-state index in [9.17, 15) is 4.79 Å². The Morgan fingerprint density at radius 2 is 2.11 bits per heavy atom. The van der Waals surface area contributed by atoms with E-state index in [2.05, 4.69) is 18.7 Å². The van der Waals surface area contributed by atoms with E-state index in [0.29, 0.717) is 23.2 Å². The second kappa shape index (κ2) is 5.51. The van der Waals surface area contributed by atoms with Gasteiger partial charge in [0.2, 0.25) is 0 Å². The summed E-state index contributed by atoms with van der Waals surface area (Å²) in [5, 5.41) is 0. The molecule has 4 N–H and O–H groups in total. The molecular formula is C15H23N3O. The number of hydrogen-bond donors (Lipinski definition) is 2. The fraction of sp³-hybridized carbons (Fsp3) is 0.533. The molecule has 1 fully saturated rings. The number of para-hydroxylation sites is 1. The Morgan fingerprint density at radius 3 is 2.63 bits per heavy atom. The molecule has 4 nitrogen and oxygen atoms in total. The fourth-order valence-corrected chi connectivity index (χ4v) is 2.34. The summed E-state index contributed by atoms with van der Waals surface area (Å²) in [5.74, 6) is 0.223. The lowest BCUT2D eigenvalue weighted by Gasteiger charge is -2.28. The molecule has 1 amide bonds. The summed E-state index contributed by atoms with van der Waals surface area (Å²) in [6, 6.07) is 5.90. The average Bonchev–Trinajstić information content (AvgIpc) is 3.14. The van der Waals surface area contributed by atoms with Crippen molar-refractivity contribution in [3.63, 3.8) is 0 Å². The number of nitrogens with zero attached hydrogens (tertiary/aromatic N) is 1. The summed E-state index contributed by atoms with van der Waals surface area (Å²) >= 11 is 0. The van der Waals surface area contributed by atoms with Gasteiger partial charge in [-0.15, -0.1) is 0 Å². The first kappa shape index (κ1) is 13.7. The second-order valence-corrected chi connectivity index (χ2v) is 5.71. The van der Waals surface area contributed by atoms with Crippen LogP contribution in [-0.4, -0.2) is 18.5 Å². The number of nitrogen functional groups attached to an aromatic ring is 1. The van der Waals surface area contributed by atoms with Crippen LogP contribution in [0.4, 0.5) is 11.4 Å². The van der Waals surface area contributed by atoms with Gasteiger partial charge in [-0.25, -0.2) is 0 Å². The first-order valence-electron chi connectivity index (χ1n) is 6.95. The highest BCUT2D eigenvalue weighted by Crippen LogP contribution is 2.37. The van der Waals surface area contributed by atoms with Crippen LogP contribution in [-0.2, 0) is 0 Å². The molecule has 0 unspecified atom stereocenters. The third-order valence-corrected chi connectivity index (χ3v) is 3.55. The number of rotatable bonds is 6. The molecule has 0 aromatic heterocycles. The molecule has 104 valence electrons. The van der Waals surface area contributed by atoms with Crippen LogP contribution < -0.4 is 16.4 Å². The normalized spacial score (nSPS) is 14.7. The highest BCUT2D eigenvalue weighted by atomic mass is 16.1.